The average molecular weight is 457 g/mol. The van der Waals surface area contributed by atoms with E-state index in [1.807, 2.05) is 20.2 Å². The average Bonchev–Trinajstić information content (AvgIpc) is 3.09. The highest BCUT2D eigenvalue weighted by Crippen LogP contribution is 2.12. The Morgan fingerprint density at radius 3 is 2.76 bits per heavy atom. The van der Waals surface area contributed by atoms with Gasteiger partial charge in [0.25, 0.3) is 5.91 Å². The van der Waals surface area contributed by atoms with Crippen molar-refractivity contribution in [2.24, 2.45) is 15.9 Å². The number of rotatable bonds is 10. The van der Waals surface area contributed by atoms with Crippen LogP contribution in [0.15, 0.2) is 27.7 Å². The summed E-state index contributed by atoms with van der Waals surface area (Å²) in [6.45, 7) is 9.04. The van der Waals surface area contributed by atoms with Crippen molar-refractivity contribution in [1.29, 1.82) is 0 Å². The number of nitrogens with one attached hydrogen (secondary N) is 5. The fraction of sp³-hybridized carbons (Fsp3) is 0.583. The van der Waals surface area contributed by atoms with Crippen molar-refractivity contribution in [3.63, 3.8) is 0 Å². The van der Waals surface area contributed by atoms with Crippen LogP contribution in [-0.4, -0.2) is 67.8 Å². The van der Waals surface area contributed by atoms with E-state index in [2.05, 4.69) is 60.5 Å². The molecule has 182 valence electrons. The molecule has 9 nitrogen and oxygen atoms in total. The van der Waals surface area contributed by atoms with Gasteiger partial charge in [-0.2, -0.15) is 5.10 Å². The first-order valence-electron chi connectivity index (χ1n) is 11.8. The summed E-state index contributed by atoms with van der Waals surface area (Å²) in [5, 5.41) is 22.2. The van der Waals surface area contributed by atoms with E-state index in [9.17, 15) is 4.79 Å². The Kier molecular flexibility index (Phi) is 11.4. The normalized spacial score (nSPS) is 19.7. The second-order valence-electron chi connectivity index (χ2n) is 8.17. The lowest BCUT2D eigenvalue weighted by Crippen LogP contribution is -2.34. The maximum Gasteiger partial charge on any atom is 0.265 e. The van der Waals surface area contributed by atoms with Crippen molar-refractivity contribution in [3.8, 4) is 0 Å². The Labute approximate surface area is 197 Å². The molecule has 0 aromatic carbocycles. The lowest BCUT2D eigenvalue weighted by atomic mass is 10.0. The van der Waals surface area contributed by atoms with Gasteiger partial charge in [-0.15, -0.1) is 0 Å². The third-order valence-corrected chi connectivity index (χ3v) is 5.73. The first-order chi connectivity index (χ1) is 16.0. The molecule has 2 heterocycles. The van der Waals surface area contributed by atoms with Gasteiger partial charge in [0, 0.05) is 32.4 Å². The third kappa shape index (κ3) is 8.49. The highest BCUT2D eigenvalue weighted by Gasteiger charge is 2.16. The number of hydrogen-bond donors (Lipinski definition) is 5. The molecule has 2 rings (SSSR count). The number of H-pyrrole nitrogens is 1. The van der Waals surface area contributed by atoms with Crippen LogP contribution in [0.3, 0.4) is 0 Å². The molecule has 1 unspecified atom stereocenters. The van der Waals surface area contributed by atoms with Crippen molar-refractivity contribution in [2.45, 2.75) is 46.5 Å². The lowest BCUT2D eigenvalue weighted by molar-refractivity contribution is -0.115. The van der Waals surface area contributed by atoms with Crippen molar-refractivity contribution in [1.82, 2.24) is 31.5 Å². The molecule has 1 aliphatic heterocycles. The summed E-state index contributed by atoms with van der Waals surface area (Å²) in [4.78, 5) is 21.7. The third-order valence-electron chi connectivity index (χ3n) is 5.73. The molecule has 9 heteroatoms. The molecular weight excluding hydrogens is 416 g/mol. The molecule has 1 amide bonds. The molecule has 1 aromatic heterocycles. The standard InChI is InChI=1S/C24H40N8O/c1-6-8-21-20(16-30-32-21)11-14-28-23(26-5)22(17(2)25-4)31-18(3)24(33)29-15-19-9-7-12-27-13-10-19/h8,11,16,19,26-28,32H,6-7,9-10,12-15H2,1-5H3,(H,29,33)/b20-11-,21-8+,23-22-,25-17-,31-18+. The van der Waals surface area contributed by atoms with E-state index >= 15 is 0 Å². The minimum absolute atomic E-state index is 0.145. The molecule has 0 aliphatic carbocycles. The van der Waals surface area contributed by atoms with E-state index in [0.29, 0.717) is 36.2 Å². The van der Waals surface area contributed by atoms with Crippen LogP contribution in [0.25, 0.3) is 12.2 Å². The van der Waals surface area contributed by atoms with Gasteiger partial charge in [0.15, 0.2) is 0 Å². The molecule has 1 saturated heterocycles. The minimum Gasteiger partial charge on any atom is -0.373 e. The molecule has 1 atom stereocenters. The van der Waals surface area contributed by atoms with E-state index in [1.165, 1.54) is 0 Å². The maximum absolute atomic E-state index is 12.7. The summed E-state index contributed by atoms with van der Waals surface area (Å²) in [7, 11) is 3.54. The molecule has 0 bridgehead atoms. The van der Waals surface area contributed by atoms with Gasteiger partial charge in [0.2, 0.25) is 0 Å². The van der Waals surface area contributed by atoms with Crippen LogP contribution < -0.4 is 31.8 Å². The molecule has 5 N–H and O–H groups in total. The van der Waals surface area contributed by atoms with Gasteiger partial charge in [-0.3, -0.25) is 14.9 Å². The van der Waals surface area contributed by atoms with Crippen molar-refractivity contribution >= 4 is 29.5 Å². The Balaban J connectivity index is 2.15. The summed E-state index contributed by atoms with van der Waals surface area (Å²) >= 11 is 0. The van der Waals surface area contributed by atoms with E-state index in [-0.39, 0.29) is 5.91 Å². The molecule has 0 radical (unpaired) electrons. The number of carbonyl (C=O) groups excluding carboxylic acids is 1. The van der Waals surface area contributed by atoms with Crippen molar-refractivity contribution in [3.05, 3.63) is 28.3 Å². The smallest absolute Gasteiger partial charge is 0.265 e. The first kappa shape index (κ1) is 26.3. The van der Waals surface area contributed by atoms with Gasteiger partial charge in [0.1, 0.15) is 17.2 Å². The van der Waals surface area contributed by atoms with Crippen LogP contribution in [0.2, 0.25) is 0 Å². The summed E-state index contributed by atoms with van der Waals surface area (Å²) in [6.07, 6.45) is 10.3. The lowest BCUT2D eigenvalue weighted by Gasteiger charge is -2.16. The Hall–Kier alpha value is -2.94. The predicted octanol–water partition coefficient (Wildman–Crippen LogP) is 0.416. The minimum atomic E-state index is -0.145. The number of aliphatic imine (C=N–C) groups is 2. The van der Waals surface area contributed by atoms with E-state index in [4.69, 9.17) is 0 Å². The topological polar surface area (TPSA) is 119 Å². The van der Waals surface area contributed by atoms with Crippen LogP contribution in [0.4, 0.5) is 0 Å². The first-order valence-corrected chi connectivity index (χ1v) is 11.8. The number of amides is 1. The molecule has 1 fully saturated rings. The van der Waals surface area contributed by atoms with Crippen LogP contribution in [0, 0.1) is 5.92 Å². The highest BCUT2D eigenvalue weighted by molar-refractivity contribution is 6.38. The zero-order valence-electron chi connectivity index (χ0n) is 20.7. The molecule has 0 saturated carbocycles. The second kappa shape index (κ2) is 14.3. The highest BCUT2D eigenvalue weighted by atomic mass is 16.1. The Bertz CT molecular complexity index is 965. The fourth-order valence-electron chi connectivity index (χ4n) is 3.69. The van der Waals surface area contributed by atoms with Gasteiger partial charge in [0.05, 0.1) is 17.3 Å². The largest absolute Gasteiger partial charge is 0.373 e. The predicted molar refractivity (Wildman–Crippen MR) is 137 cm³/mol. The van der Waals surface area contributed by atoms with Gasteiger partial charge >= 0.3 is 0 Å². The van der Waals surface area contributed by atoms with E-state index < -0.39 is 0 Å². The number of aromatic amines is 1. The summed E-state index contributed by atoms with van der Waals surface area (Å²) in [6, 6.07) is 0. The molecule has 1 aromatic rings. The number of carbonyl (C=O) groups is 1. The van der Waals surface area contributed by atoms with Crippen LogP contribution in [0.5, 0.6) is 0 Å². The van der Waals surface area contributed by atoms with Crippen molar-refractivity contribution in [2.75, 3.05) is 40.3 Å². The van der Waals surface area contributed by atoms with E-state index in [0.717, 1.165) is 55.1 Å². The molecular formula is C24H40N8O. The maximum atomic E-state index is 12.7. The fourth-order valence-corrected chi connectivity index (χ4v) is 3.69. The van der Waals surface area contributed by atoms with Gasteiger partial charge in [-0.1, -0.05) is 19.1 Å². The van der Waals surface area contributed by atoms with Gasteiger partial charge in [-0.05, 0) is 58.5 Å². The SMILES string of the molecule is CC/C=c1/[nH]nc/c1=C/CN/C(NC)=C(\N=C(/C)C(=O)NCC1CCCNCC1)C(/C)=N\C. The molecule has 0 spiro atoms. The number of aromatic nitrogens is 2. The quantitative estimate of drug-likeness (QED) is 0.327. The monoisotopic (exact) mass is 456 g/mol. The Morgan fingerprint density at radius 1 is 1.21 bits per heavy atom. The van der Waals surface area contributed by atoms with Crippen molar-refractivity contribution < 1.29 is 4.79 Å². The summed E-state index contributed by atoms with van der Waals surface area (Å²) in [5.74, 6) is 1.07. The molecule has 33 heavy (non-hydrogen) atoms. The van der Waals surface area contributed by atoms with Crippen LogP contribution in [-0.2, 0) is 4.79 Å². The second-order valence-corrected chi connectivity index (χ2v) is 8.17. The van der Waals surface area contributed by atoms with E-state index in [1.54, 1.807) is 14.0 Å². The van der Waals surface area contributed by atoms with Gasteiger partial charge in [-0.25, -0.2) is 4.99 Å². The summed E-state index contributed by atoms with van der Waals surface area (Å²) in [5.41, 5.74) is 1.76. The zero-order chi connectivity index (χ0) is 24.1. The Morgan fingerprint density at radius 2 is 2.03 bits per heavy atom. The zero-order valence-corrected chi connectivity index (χ0v) is 20.7. The number of nitrogens with zero attached hydrogens (tertiary/aromatic N) is 3. The summed E-state index contributed by atoms with van der Waals surface area (Å²) < 4.78 is 0. The number of hydrogen-bond acceptors (Lipinski definition) is 7. The number of allylic oxidation sites excluding steroid dienone is 1. The van der Waals surface area contributed by atoms with Crippen LogP contribution >= 0.6 is 0 Å². The van der Waals surface area contributed by atoms with Crippen LogP contribution in [0.1, 0.15) is 46.5 Å². The van der Waals surface area contributed by atoms with Gasteiger partial charge < -0.3 is 21.3 Å². The molecule has 1 aliphatic rings.